The number of rotatable bonds is 3. The van der Waals surface area contributed by atoms with Crippen molar-refractivity contribution in [3.63, 3.8) is 0 Å². The van der Waals surface area contributed by atoms with Gasteiger partial charge < -0.3 is 4.90 Å². The van der Waals surface area contributed by atoms with Crippen LogP contribution in [0.4, 0.5) is 0 Å². The molecule has 1 aliphatic heterocycles. The van der Waals surface area contributed by atoms with Crippen LogP contribution in [0.1, 0.15) is 61.9 Å². The number of aryl methyl sites for hydroxylation is 1. The van der Waals surface area contributed by atoms with Crippen LogP contribution >= 0.6 is 11.3 Å². The van der Waals surface area contributed by atoms with Crippen LogP contribution in [0.15, 0.2) is 12.1 Å². The van der Waals surface area contributed by atoms with E-state index >= 15 is 0 Å². The molecule has 0 bridgehead atoms. The lowest BCUT2D eigenvalue weighted by atomic mass is 9.97. The first-order chi connectivity index (χ1) is 9.57. The van der Waals surface area contributed by atoms with Gasteiger partial charge in [0.25, 0.3) is 0 Å². The first-order valence-corrected chi connectivity index (χ1v) is 8.56. The van der Waals surface area contributed by atoms with E-state index in [-0.39, 0.29) is 11.7 Å². The molecule has 2 unspecified atom stereocenters. The zero-order valence-electron chi connectivity index (χ0n) is 12.6. The van der Waals surface area contributed by atoms with Gasteiger partial charge in [0.15, 0.2) is 0 Å². The maximum absolute atomic E-state index is 13.0. The van der Waals surface area contributed by atoms with Crippen LogP contribution in [0.2, 0.25) is 0 Å². The SMILES string of the molecule is CCC(C)N1C(=O)C2(CCCC2)NC1c1ccc(C)s1. The van der Waals surface area contributed by atoms with Crippen molar-refractivity contribution in [2.24, 2.45) is 0 Å². The van der Waals surface area contributed by atoms with Crippen molar-refractivity contribution < 1.29 is 4.79 Å². The fourth-order valence-corrected chi connectivity index (χ4v) is 4.48. The van der Waals surface area contributed by atoms with Crippen LogP contribution in [0.25, 0.3) is 0 Å². The fourth-order valence-electron chi connectivity index (χ4n) is 3.55. The van der Waals surface area contributed by atoms with E-state index in [0.717, 1.165) is 19.3 Å². The average molecular weight is 292 g/mol. The van der Waals surface area contributed by atoms with Crippen molar-refractivity contribution >= 4 is 17.2 Å². The molecule has 4 heteroatoms. The highest BCUT2D eigenvalue weighted by Gasteiger charge is 2.53. The zero-order chi connectivity index (χ0) is 14.3. The highest BCUT2D eigenvalue weighted by molar-refractivity contribution is 7.12. The Labute approximate surface area is 125 Å². The number of hydrogen-bond acceptors (Lipinski definition) is 3. The minimum atomic E-state index is -0.272. The van der Waals surface area contributed by atoms with Crippen molar-refractivity contribution in [1.82, 2.24) is 10.2 Å². The molecule has 1 aromatic heterocycles. The van der Waals surface area contributed by atoms with Gasteiger partial charge >= 0.3 is 0 Å². The standard InChI is InChI=1S/C16H24N2OS/c1-4-11(2)18-14(13-8-7-12(3)20-13)17-16(15(18)19)9-5-6-10-16/h7-8,11,14,17H,4-6,9-10H2,1-3H3. The summed E-state index contributed by atoms with van der Waals surface area (Å²) in [6, 6.07) is 4.62. The summed E-state index contributed by atoms with van der Waals surface area (Å²) in [5.41, 5.74) is -0.272. The molecule has 1 amide bonds. The lowest BCUT2D eigenvalue weighted by molar-refractivity contribution is -0.135. The Morgan fingerprint density at radius 2 is 2.15 bits per heavy atom. The molecule has 1 aromatic rings. The Bertz CT molecular complexity index is 504. The Kier molecular flexibility index (Phi) is 3.63. The first-order valence-electron chi connectivity index (χ1n) is 7.74. The molecule has 1 saturated carbocycles. The first kappa shape index (κ1) is 14.1. The summed E-state index contributed by atoms with van der Waals surface area (Å²) in [6.45, 7) is 6.46. The molecular weight excluding hydrogens is 268 g/mol. The maximum atomic E-state index is 13.0. The zero-order valence-corrected chi connectivity index (χ0v) is 13.4. The minimum Gasteiger partial charge on any atom is -0.318 e. The molecule has 1 spiro atoms. The third-order valence-electron chi connectivity index (χ3n) is 4.89. The molecule has 2 atom stereocenters. The minimum absolute atomic E-state index is 0.0780. The molecular formula is C16H24N2OS. The molecule has 0 aromatic carbocycles. The summed E-state index contributed by atoms with van der Waals surface area (Å²) in [6.07, 6.45) is 5.42. The monoisotopic (exact) mass is 292 g/mol. The molecule has 3 nitrogen and oxygen atoms in total. The summed E-state index contributed by atoms with van der Waals surface area (Å²) < 4.78 is 0. The largest absolute Gasteiger partial charge is 0.318 e. The van der Waals surface area contributed by atoms with E-state index in [9.17, 15) is 4.79 Å². The predicted octanol–water partition coefficient (Wildman–Crippen LogP) is 3.60. The van der Waals surface area contributed by atoms with Crippen LogP contribution in [-0.4, -0.2) is 22.4 Å². The van der Waals surface area contributed by atoms with Crippen LogP contribution < -0.4 is 5.32 Å². The fraction of sp³-hybridized carbons (Fsp3) is 0.688. The second-order valence-corrected chi connectivity index (χ2v) is 7.57. The Morgan fingerprint density at radius 3 is 2.70 bits per heavy atom. The molecule has 2 aliphatic rings. The number of nitrogens with zero attached hydrogens (tertiary/aromatic N) is 1. The summed E-state index contributed by atoms with van der Waals surface area (Å²) in [5, 5.41) is 3.70. The Hall–Kier alpha value is -0.870. The van der Waals surface area contributed by atoms with Gasteiger partial charge in [-0.2, -0.15) is 0 Å². The molecule has 2 heterocycles. The lowest BCUT2D eigenvalue weighted by Crippen LogP contribution is -2.45. The van der Waals surface area contributed by atoms with Crippen molar-refractivity contribution in [3.05, 3.63) is 21.9 Å². The number of thiophene rings is 1. The molecule has 1 N–H and O–H groups in total. The Morgan fingerprint density at radius 1 is 1.45 bits per heavy atom. The van der Waals surface area contributed by atoms with Gasteiger partial charge in [-0.05, 0) is 45.2 Å². The molecule has 0 radical (unpaired) electrons. The topological polar surface area (TPSA) is 32.3 Å². The molecule has 110 valence electrons. The van der Waals surface area contributed by atoms with Gasteiger partial charge in [0, 0.05) is 15.8 Å². The van der Waals surface area contributed by atoms with E-state index in [1.165, 1.54) is 22.6 Å². The van der Waals surface area contributed by atoms with Gasteiger partial charge in [0.2, 0.25) is 5.91 Å². The van der Waals surface area contributed by atoms with Crippen molar-refractivity contribution in [2.75, 3.05) is 0 Å². The van der Waals surface area contributed by atoms with E-state index in [4.69, 9.17) is 0 Å². The number of hydrogen-bond donors (Lipinski definition) is 1. The van der Waals surface area contributed by atoms with Gasteiger partial charge in [0.05, 0.1) is 5.54 Å². The summed E-state index contributed by atoms with van der Waals surface area (Å²) >= 11 is 1.80. The second-order valence-electron chi connectivity index (χ2n) is 6.25. The highest BCUT2D eigenvalue weighted by atomic mass is 32.1. The van der Waals surface area contributed by atoms with Gasteiger partial charge in [-0.25, -0.2) is 0 Å². The van der Waals surface area contributed by atoms with Crippen LogP contribution in [0.5, 0.6) is 0 Å². The molecule has 3 rings (SSSR count). The third kappa shape index (κ3) is 2.09. The third-order valence-corrected chi connectivity index (χ3v) is 5.94. The average Bonchev–Trinajstić information content (AvgIpc) is 3.12. The second kappa shape index (κ2) is 5.15. The summed E-state index contributed by atoms with van der Waals surface area (Å²) in [4.78, 5) is 17.7. The van der Waals surface area contributed by atoms with Crippen LogP contribution in [-0.2, 0) is 4.79 Å². The molecule has 1 aliphatic carbocycles. The number of amides is 1. The molecule has 2 fully saturated rings. The van der Waals surface area contributed by atoms with E-state index in [1.54, 1.807) is 11.3 Å². The molecule has 1 saturated heterocycles. The van der Waals surface area contributed by atoms with E-state index in [1.807, 2.05) is 0 Å². The van der Waals surface area contributed by atoms with Gasteiger partial charge in [-0.1, -0.05) is 19.8 Å². The van der Waals surface area contributed by atoms with Crippen LogP contribution in [0, 0.1) is 6.92 Å². The van der Waals surface area contributed by atoms with Crippen molar-refractivity contribution in [1.29, 1.82) is 0 Å². The Balaban J connectivity index is 1.96. The maximum Gasteiger partial charge on any atom is 0.244 e. The van der Waals surface area contributed by atoms with E-state index in [2.05, 4.69) is 43.1 Å². The lowest BCUT2D eigenvalue weighted by Gasteiger charge is -2.29. The van der Waals surface area contributed by atoms with Crippen molar-refractivity contribution in [2.45, 2.75) is 70.6 Å². The van der Waals surface area contributed by atoms with E-state index < -0.39 is 0 Å². The summed E-state index contributed by atoms with van der Waals surface area (Å²) in [7, 11) is 0. The number of carbonyl (C=O) groups is 1. The number of nitrogens with one attached hydrogen (secondary N) is 1. The normalized spacial score (nSPS) is 26.6. The predicted molar refractivity (Wildman–Crippen MR) is 82.7 cm³/mol. The van der Waals surface area contributed by atoms with Crippen molar-refractivity contribution in [3.8, 4) is 0 Å². The highest BCUT2D eigenvalue weighted by Crippen LogP contribution is 2.43. The smallest absolute Gasteiger partial charge is 0.244 e. The van der Waals surface area contributed by atoms with Gasteiger partial charge in [-0.3, -0.25) is 10.1 Å². The summed E-state index contributed by atoms with van der Waals surface area (Å²) in [5.74, 6) is 0.334. The van der Waals surface area contributed by atoms with Crippen LogP contribution in [0.3, 0.4) is 0 Å². The number of carbonyl (C=O) groups excluding carboxylic acids is 1. The quantitative estimate of drug-likeness (QED) is 0.923. The van der Waals surface area contributed by atoms with E-state index in [0.29, 0.717) is 11.9 Å². The van der Waals surface area contributed by atoms with Gasteiger partial charge in [-0.15, -0.1) is 11.3 Å². The molecule has 20 heavy (non-hydrogen) atoms. The van der Waals surface area contributed by atoms with Gasteiger partial charge in [0.1, 0.15) is 6.17 Å².